The predicted octanol–water partition coefficient (Wildman–Crippen LogP) is 7.60. The zero-order chi connectivity index (χ0) is 17.7. The van der Waals surface area contributed by atoms with Gasteiger partial charge < -0.3 is 4.90 Å². The molecule has 1 unspecified atom stereocenters. The highest BCUT2D eigenvalue weighted by Crippen LogP contribution is 2.28. The highest BCUT2D eigenvalue weighted by molar-refractivity contribution is 5.62. The van der Waals surface area contributed by atoms with Crippen molar-refractivity contribution < 1.29 is 0 Å². The summed E-state index contributed by atoms with van der Waals surface area (Å²) in [6.07, 6.45) is 10.8. The predicted molar refractivity (Wildman–Crippen MR) is 112 cm³/mol. The molecule has 1 atom stereocenters. The van der Waals surface area contributed by atoms with Crippen LogP contribution in [0.1, 0.15) is 65.2 Å². The molecule has 1 nitrogen and oxygen atoms in total. The van der Waals surface area contributed by atoms with E-state index in [0.717, 1.165) is 12.5 Å². The molecule has 2 aromatic carbocycles. The molecular formula is C24H35N. The summed E-state index contributed by atoms with van der Waals surface area (Å²) < 4.78 is 0. The highest BCUT2D eigenvalue weighted by atomic mass is 15.1. The van der Waals surface area contributed by atoms with Crippen LogP contribution in [-0.2, 0) is 0 Å². The van der Waals surface area contributed by atoms with Gasteiger partial charge in [0, 0.05) is 17.9 Å². The fraction of sp³-hybridized carbons (Fsp3) is 0.500. The number of nitrogens with zero attached hydrogens (tertiary/aromatic N) is 1. The van der Waals surface area contributed by atoms with Gasteiger partial charge in [0.2, 0.25) is 0 Å². The van der Waals surface area contributed by atoms with Gasteiger partial charge in [-0.15, -0.1) is 0 Å². The molecule has 0 aromatic heterocycles. The zero-order valence-electron chi connectivity index (χ0n) is 16.2. The van der Waals surface area contributed by atoms with Crippen molar-refractivity contribution in [2.75, 3.05) is 11.4 Å². The Morgan fingerprint density at radius 2 is 1.16 bits per heavy atom. The monoisotopic (exact) mass is 337 g/mol. The second-order valence-corrected chi connectivity index (χ2v) is 7.12. The number of rotatable bonds is 12. The summed E-state index contributed by atoms with van der Waals surface area (Å²) in [6.45, 7) is 5.71. The van der Waals surface area contributed by atoms with E-state index in [9.17, 15) is 0 Å². The summed E-state index contributed by atoms with van der Waals surface area (Å²) in [5.41, 5.74) is 2.60. The molecule has 1 heteroatoms. The normalized spacial score (nSPS) is 12.1. The molecule has 25 heavy (non-hydrogen) atoms. The van der Waals surface area contributed by atoms with Gasteiger partial charge in [-0.3, -0.25) is 0 Å². The van der Waals surface area contributed by atoms with Crippen LogP contribution < -0.4 is 4.90 Å². The van der Waals surface area contributed by atoms with Crippen LogP contribution >= 0.6 is 0 Å². The fourth-order valence-electron chi connectivity index (χ4n) is 3.54. The van der Waals surface area contributed by atoms with Crippen molar-refractivity contribution in [3.05, 3.63) is 60.7 Å². The molecule has 0 saturated carbocycles. The second kappa shape index (κ2) is 11.7. The van der Waals surface area contributed by atoms with Crippen LogP contribution in [0.2, 0.25) is 0 Å². The maximum Gasteiger partial charge on any atom is 0.0410 e. The van der Waals surface area contributed by atoms with Gasteiger partial charge >= 0.3 is 0 Å². The van der Waals surface area contributed by atoms with Crippen LogP contribution in [0.4, 0.5) is 11.4 Å². The minimum absolute atomic E-state index is 0.862. The first-order valence-corrected chi connectivity index (χ1v) is 10.2. The topological polar surface area (TPSA) is 3.24 Å². The quantitative estimate of drug-likeness (QED) is 0.360. The molecule has 2 rings (SSSR count). The molecule has 0 aliphatic rings. The van der Waals surface area contributed by atoms with E-state index >= 15 is 0 Å². The van der Waals surface area contributed by atoms with Crippen LogP contribution in [0.3, 0.4) is 0 Å². The molecular weight excluding hydrogens is 302 g/mol. The number of unbranched alkanes of at least 4 members (excludes halogenated alkanes) is 3. The summed E-state index contributed by atoms with van der Waals surface area (Å²) in [5, 5.41) is 0. The van der Waals surface area contributed by atoms with E-state index in [-0.39, 0.29) is 0 Å². The lowest BCUT2D eigenvalue weighted by Gasteiger charge is -2.27. The average Bonchev–Trinajstić information content (AvgIpc) is 2.67. The van der Waals surface area contributed by atoms with Gasteiger partial charge in [-0.2, -0.15) is 0 Å². The lowest BCUT2D eigenvalue weighted by Crippen LogP contribution is -2.21. The second-order valence-electron chi connectivity index (χ2n) is 7.12. The Hall–Kier alpha value is -1.76. The van der Waals surface area contributed by atoms with Gasteiger partial charge in [0.25, 0.3) is 0 Å². The Labute approximate surface area is 155 Å². The lowest BCUT2D eigenvalue weighted by molar-refractivity contribution is 0.394. The lowest BCUT2D eigenvalue weighted by atomic mass is 9.92. The third-order valence-electron chi connectivity index (χ3n) is 5.08. The van der Waals surface area contributed by atoms with Crippen LogP contribution in [0.15, 0.2) is 60.7 Å². The molecule has 136 valence electrons. The van der Waals surface area contributed by atoms with Gasteiger partial charge in [0.05, 0.1) is 0 Å². The largest absolute Gasteiger partial charge is 0.341 e. The van der Waals surface area contributed by atoms with Gasteiger partial charge in [-0.05, 0) is 36.6 Å². The first-order valence-electron chi connectivity index (χ1n) is 10.2. The van der Waals surface area contributed by atoms with Crippen molar-refractivity contribution in [3.63, 3.8) is 0 Å². The van der Waals surface area contributed by atoms with Gasteiger partial charge in [-0.25, -0.2) is 0 Å². The minimum atomic E-state index is 0.862. The molecule has 0 saturated heterocycles. The molecule has 2 aromatic rings. The summed E-state index contributed by atoms with van der Waals surface area (Å²) in [6, 6.07) is 21.7. The van der Waals surface area contributed by atoms with Crippen molar-refractivity contribution in [1.82, 2.24) is 0 Å². The fourth-order valence-corrected chi connectivity index (χ4v) is 3.54. The van der Waals surface area contributed by atoms with Crippen molar-refractivity contribution in [1.29, 1.82) is 0 Å². The number of anilines is 2. The average molecular weight is 338 g/mol. The molecule has 0 N–H and O–H groups in total. The van der Waals surface area contributed by atoms with Crippen LogP contribution in [0, 0.1) is 5.92 Å². The van der Waals surface area contributed by atoms with Gasteiger partial charge in [0.1, 0.15) is 0 Å². The Kier molecular flexibility index (Phi) is 9.18. The smallest absolute Gasteiger partial charge is 0.0410 e. The third-order valence-corrected chi connectivity index (χ3v) is 5.08. The van der Waals surface area contributed by atoms with Crippen LogP contribution in [0.5, 0.6) is 0 Å². The molecule has 0 radical (unpaired) electrons. The minimum Gasteiger partial charge on any atom is -0.341 e. The molecule has 0 aliphatic carbocycles. The first kappa shape index (κ1) is 19.6. The van der Waals surface area contributed by atoms with Gasteiger partial charge in [-0.1, -0.05) is 95.2 Å². The molecule has 0 fully saturated rings. The Morgan fingerprint density at radius 1 is 0.640 bits per heavy atom. The summed E-state index contributed by atoms with van der Waals surface area (Å²) in [4.78, 5) is 2.48. The van der Waals surface area contributed by atoms with E-state index in [0.29, 0.717) is 0 Å². The SMILES string of the molecule is CCCCCC(CCCC)CCN(c1ccccc1)c1ccccc1. The third kappa shape index (κ3) is 6.94. The van der Waals surface area contributed by atoms with E-state index in [2.05, 4.69) is 79.4 Å². The van der Waals surface area contributed by atoms with Crippen molar-refractivity contribution in [2.24, 2.45) is 5.92 Å². The molecule has 0 heterocycles. The molecule has 0 aliphatic heterocycles. The molecule has 0 bridgehead atoms. The number of hydrogen-bond donors (Lipinski definition) is 0. The standard InChI is InChI=1S/C24H35N/c1-3-5-9-15-22(14-6-4-2)20-21-25(23-16-10-7-11-17-23)24-18-12-8-13-19-24/h7-8,10-13,16-19,22H,3-6,9,14-15,20-21H2,1-2H3. The molecule has 0 spiro atoms. The van der Waals surface area contributed by atoms with E-state index in [4.69, 9.17) is 0 Å². The van der Waals surface area contributed by atoms with Crippen molar-refractivity contribution >= 4 is 11.4 Å². The van der Waals surface area contributed by atoms with E-state index in [1.807, 2.05) is 0 Å². The number of hydrogen-bond acceptors (Lipinski definition) is 1. The van der Waals surface area contributed by atoms with Crippen LogP contribution in [0.25, 0.3) is 0 Å². The number of para-hydroxylation sites is 2. The van der Waals surface area contributed by atoms with E-state index < -0.39 is 0 Å². The Morgan fingerprint density at radius 3 is 1.68 bits per heavy atom. The highest BCUT2D eigenvalue weighted by Gasteiger charge is 2.13. The van der Waals surface area contributed by atoms with Gasteiger partial charge in [0.15, 0.2) is 0 Å². The van der Waals surface area contributed by atoms with E-state index in [1.54, 1.807) is 0 Å². The summed E-state index contributed by atoms with van der Waals surface area (Å²) in [7, 11) is 0. The van der Waals surface area contributed by atoms with Crippen molar-refractivity contribution in [3.8, 4) is 0 Å². The number of benzene rings is 2. The maximum atomic E-state index is 2.48. The Bertz CT molecular complexity index is 509. The summed E-state index contributed by atoms with van der Waals surface area (Å²) in [5.74, 6) is 0.862. The summed E-state index contributed by atoms with van der Waals surface area (Å²) >= 11 is 0. The Balaban J connectivity index is 2.04. The first-order chi connectivity index (χ1) is 12.3. The molecule has 0 amide bonds. The van der Waals surface area contributed by atoms with E-state index in [1.165, 1.54) is 62.7 Å². The zero-order valence-corrected chi connectivity index (χ0v) is 16.2. The van der Waals surface area contributed by atoms with Crippen molar-refractivity contribution in [2.45, 2.75) is 65.2 Å². The van der Waals surface area contributed by atoms with Crippen LogP contribution in [-0.4, -0.2) is 6.54 Å². The maximum absolute atomic E-state index is 2.48.